The van der Waals surface area contributed by atoms with Gasteiger partial charge in [0.15, 0.2) is 9.84 Å². The first-order valence-corrected chi connectivity index (χ1v) is 15.7. The first-order chi connectivity index (χ1) is 18.5. The van der Waals surface area contributed by atoms with Gasteiger partial charge in [-0.3, -0.25) is 9.20 Å². The summed E-state index contributed by atoms with van der Waals surface area (Å²) in [6.45, 7) is 0. The van der Waals surface area contributed by atoms with Crippen LogP contribution in [0.15, 0.2) is 82.8 Å². The van der Waals surface area contributed by atoms with E-state index in [9.17, 15) is 32.6 Å². The predicted octanol–water partition coefficient (Wildman–Crippen LogP) is 6.95. The highest BCUT2D eigenvalue weighted by molar-refractivity contribution is 8.45. The monoisotopic (exact) mass is 600 g/mol. The number of nitrogens with zero attached hydrogens (tertiary/aromatic N) is 2. The van der Waals surface area contributed by atoms with Gasteiger partial charge in [0.25, 0.3) is 5.91 Å². The number of sulfone groups is 1. The maximum atomic E-state index is 13.3. The predicted molar refractivity (Wildman–Crippen MR) is 144 cm³/mol. The Morgan fingerprint density at radius 2 is 1.48 bits per heavy atom. The van der Waals surface area contributed by atoms with Crippen molar-refractivity contribution in [1.29, 1.82) is 0 Å². The van der Waals surface area contributed by atoms with Gasteiger partial charge < -0.3 is 11.1 Å². The van der Waals surface area contributed by atoms with E-state index in [-0.39, 0.29) is 22.3 Å². The van der Waals surface area contributed by atoms with Crippen molar-refractivity contribution in [3.05, 3.63) is 78.8 Å². The van der Waals surface area contributed by atoms with E-state index < -0.39 is 36.1 Å². The minimum Gasteiger partial charge on any atom is -0.382 e. The van der Waals surface area contributed by atoms with Gasteiger partial charge in [-0.1, -0.05) is 31.6 Å². The molecule has 0 spiro atoms. The third kappa shape index (κ3) is 5.63. The zero-order valence-corrected chi connectivity index (χ0v) is 22.4. The highest BCUT2D eigenvalue weighted by Crippen LogP contribution is 3.02. The van der Waals surface area contributed by atoms with E-state index in [1.54, 1.807) is 34.9 Å². The fraction of sp³-hybridized carbons (Fsp3) is 0.231. The molecule has 0 aliphatic heterocycles. The molecule has 5 rings (SSSR count). The van der Waals surface area contributed by atoms with Crippen molar-refractivity contribution >= 4 is 37.3 Å². The summed E-state index contributed by atoms with van der Waals surface area (Å²) in [5, 5.41) is 2.38. The number of carbonyl (C=O) groups excluding carboxylic acids is 1. The average molecular weight is 601 g/mol. The minimum absolute atomic E-state index is 0.167. The molecule has 2 aromatic heterocycles. The molecule has 3 N–H and O–H groups in total. The smallest absolute Gasteiger partial charge is 0.310 e. The Balaban J connectivity index is 1.24. The van der Waals surface area contributed by atoms with Crippen LogP contribution in [0.2, 0.25) is 0 Å². The first-order valence-electron chi connectivity index (χ1n) is 12.2. The second-order valence-corrected chi connectivity index (χ2v) is 14.5. The fourth-order valence-electron chi connectivity index (χ4n) is 4.92. The number of amides is 1. The molecule has 0 saturated heterocycles. The molecule has 1 amide bonds. The zero-order chi connectivity index (χ0) is 29.0. The number of benzene rings is 2. The number of anilines is 1. The van der Waals surface area contributed by atoms with Gasteiger partial charge in [0.1, 0.15) is 16.2 Å². The standard InChI is InChI=1S/C26H25F5N4O3S2/c27-40(28,29,30,31)23-12-6-20(7-13-23)34-19-4-10-22(11-5-19)39(37,38)21-8-1-17(2-9-21)18-3-14-25-33-15-24(26(32)36)35(25)16-18/h1-3,6-9,12-16,19,22,34H,4-5,10-11H2,(H2,32,36). The Bertz CT molecular complexity index is 1700. The molecule has 2 heterocycles. The van der Waals surface area contributed by atoms with E-state index in [1.807, 2.05) is 0 Å². The number of rotatable bonds is 7. The van der Waals surface area contributed by atoms with Gasteiger partial charge in [0.2, 0.25) is 0 Å². The van der Waals surface area contributed by atoms with Crippen molar-refractivity contribution in [3.63, 3.8) is 0 Å². The summed E-state index contributed by atoms with van der Waals surface area (Å²) in [4.78, 5) is 14.0. The number of halogens is 5. The Morgan fingerprint density at radius 1 is 0.875 bits per heavy atom. The van der Waals surface area contributed by atoms with Crippen LogP contribution in [0, 0.1) is 0 Å². The number of imidazole rings is 1. The molecule has 1 saturated carbocycles. The van der Waals surface area contributed by atoms with Crippen LogP contribution in [0.25, 0.3) is 16.8 Å². The van der Waals surface area contributed by atoms with Gasteiger partial charge in [-0.2, -0.15) is 0 Å². The summed E-state index contributed by atoms with van der Waals surface area (Å²) in [7, 11) is -13.4. The summed E-state index contributed by atoms with van der Waals surface area (Å²) in [5.74, 6) is -0.624. The number of nitrogens with one attached hydrogen (secondary N) is 1. The molecule has 1 aliphatic carbocycles. The number of carbonyl (C=O) groups is 1. The van der Waals surface area contributed by atoms with E-state index in [0.717, 1.165) is 23.3 Å². The molecule has 1 fully saturated rings. The van der Waals surface area contributed by atoms with Crippen molar-refractivity contribution in [2.75, 3.05) is 5.32 Å². The molecule has 2 aromatic carbocycles. The van der Waals surface area contributed by atoms with E-state index in [2.05, 4.69) is 10.3 Å². The summed E-state index contributed by atoms with van der Waals surface area (Å²) < 4.78 is 92.8. The quantitative estimate of drug-likeness (QED) is 0.223. The maximum absolute atomic E-state index is 13.3. The van der Waals surface area contributed by atoms with Crippen molar-refractivity contribution in [1.82, 2.24) is 9.38 Å². The number of aromatic nitrogens is 2. The summed E-state index contributed by atoms with van der Waals surface area (Å²) in [6.07, 6.45) is 4.63. The van der Waals surface area contributed by atoms with Crippen molar-refractivity contribution in [2.24, 2.45) is 5.73 Å². The zero-order valence-electron chi connectivity index (χ0n) is 20.8. The lowest BCUT2D eigenvalue weighted by Crippen LogP contribution is -2.32. The van der Waals surface area contributed by atoms with Crippen LogP contribution in [0.1, 0.15) is 36.2 Å². The van der Waals surface area contributed by atoms with Gasteiger partial charge in [-0.25, -0.2) is 13.4 Å². The van der Waals surface area contributed by atoms with Crippen LogP contribution in [-0.2, 0) is 9.84 Å². The topological polar surface area (TPSA) is 107 Å². The molecule has 40 heavy (non-hydrogen) atoms. The highest BCUT2D eigenvalue weighted by atomic mass is 32.5. The summed E-state index contributed by atoms with van der Waals surface area (Å²) >= 11 is 0. The van der Waals surface area contributed by atoms with Crippen LogP contribution < -0.4 is 11.1 Å². The summed E-state index contributed by atoms with van der Waals surface area (Å²) in [5.41, 5.74) is 7.88. The van der Waals surface area contributed by atoms with Crippen LogP contribution in [0.5, 0.6) is 0 Å². The normalized spacial score (nSPS) is 20.0. The number of nitrogens with two attached hydrogens (primary N) is 1. The fourth-order valence-corrected chi connectivity index (χ4v) is 7.37. The van der Waals surface area contributed by atoms with Gasteiger partial charge >= 0.3 is 10.2 Å². The third-order valence-electron chi connectivity index (χ3n) is 7.06. The number of pyridine rings is 1. The van der Waals surface area contributed by atoms with Gasteiger partial charge in [0, 0.05) is 17.9 Å². The Labute approximate surface area is 226 Å². The number of hydrogen-bond acceptors (Lipinski definition) is 5. The number of fused-ring (bicyclic) bond motifs is 1. The molecular formula is C26H25F5N4O3S2. The molecule has 7 nitrogen and oxygen atoms in total. The van der Waals surface area contributed by atoms with Crippen LogP contribution in [-0.4, -0.2) is 35.0 Å². The molecule has 14 heteroatoms. The average Bonchev–Trinajstić information content (AvgIpc) is 3.32. The van der Waals surface area contributed by atoms with Crippen LogP contribution >= 0.6 is 10.2 Å². The molecule has 0 atom stereocenters. The minimum atomic E-state index is -9.73. The number of primary amides is 1. The molecule has 0 radical (unpaired) electrons. The largest absolute Gasteiger partial charge is 0.382 e. The van der Waals surface area contributed by atoms with E-state index >= 15 is 0 Å². The molecule has 4 aromatic rings. The molecule has 1 aliphatic rings. The van der Waals surface area contributed by atoms with E-state index in [1.165, 1.54) is 18.3 Å². The van der Waals surface area contributed by atoms with Crippen LogP contribution in [0.4, 0.5) is 25.1 Å². The SMILES string of the molecule is NC(=O)c1cnc2ccc(-c3ccc(S(=O)(=O)C4CCC(Nc5ccc(S(F)(F)(F)(F)F)cc5)CC4)cc3)cn12. The Kier molecular flexibility index (Phi) is 6.23. The molecule has 0 unspecified atom stereocenters. The molecule has 214 valence electrons. The van der Waals surface area contributed by atoms with E-state index in [4.69, 9.17) is 5.73 Å². The Hall–Kier alpha value is -3.65. The molecular weight excluding hydrogens is 575 g/mol. The lowest BCUT2D eigenvalue weighted by Gasteiger charge is -2.40. The van der Waals surface area contributed by atoms with Crippen molar-refractivity contribution in [2.45, 2.75) is 46.8 Å². The Morgan fingerprint density at radius 3 is 2.05 bits per heavy atom. The number of hydrogen-bond donors (Lipinski definition) is 2. The second kappa shape index (κ2) is 8.93. The lowest BCUT2D eigenvalue weighted by atomic mass is 9.95. The maximum Gasteiger partial charge on any atom is 0.310 e. The summed E-state index contributed by atoms with van der Waals surface area (Å²) in [6, 6.07) is 12.4. The first kappa shape index (κ1) is 27.9. The van der Waals surface area contributed by atoms with Gasteiger partial charge in [-0.05, 0) is 85.3 Å². The van der Waals surface area contributed by atoms with Crippen molar-refractivity contribution in [3.8, 4) is 11.1 Å². The van der Waals surface area contributed by atoms with Gasteiger partial charge in [0.05, 0.1) is 16.3 Å². The third-order valence-corrected chi connectivity index (χ3v) is 10.5. The highest BCUT2D eigenvalue weighted by Gasteiger charge is 2.65. The lowest BCUT2D eigenvalue weighted by molar-refractivity contribution is 0.0994. The van der Waals surface area contributed by atoms with E-state index in [0.29, 0.717) is 43.5 Å². The van der Waals surface area contributed by atoms with Gasteiger partial charge in [-0.15, -0.1) is 0 Å². The molecule has 0 bridgehead atoms. The van der Waals surface area contributed by atoms with Crippen LogP contribution in [0.3, 0.4) is 0 Å². The van der Waals surface area contributed by atoms with Crippen molar-refractivity contribution < 1.29 is 32.6 Å². The second-order valence-electron chi connectivity index (χ2n) is 9.83.